The van der Waals surface area contributed by atoms with Crippen LogP contribution in [0.1, 0.15) is 18.4 Å². The molecule has 1 fully saturated rings. The van der Waals surface area contributed by atoms with Gasteiger partial charge in [-0.15, -0.1) is 0 Å². The van der Waals surface area contributed by atoms with Crippen molar-refractivity contribution in [3.8, 4) is 5.75 Å². The molecule has 2 aromatic rings. The summed E-state index contributed by atoms with van der Waals surface area (Å²) in [7, 11) is -3.45. The molecule has 1 unspecified atom stereocenters. The predicted octanol–water partition coefficient (Wildman–Crippen LogP) is 3.93. The van der Waals surface area contributed by atoms with Gasteiger partial charge in [0.05, 0.1) is 16.2 Å². The van der Waals surface area contributed by atoms with Crippen LogP contribution in [0.4, 0.5) is 13.2 Å². The minimum atomic E-state index is -4.41. The molecule has 0 bridgehead atoms. The molecule has 0 aromatic heterocycles. The molecule has 0 saturated carbocycles. The third kappa shape index (κ3) is 5.26. The first-order valence-corrected chi connectivity index (χ1v) is 10.7. The van der Waals surface area contributed by atoms with Crippen LogP contribution in [0.15, 0.2) is 59.5 Å². The zero-order valence-corrected chi connectivity index (χ0v) is 16.0. The van der Waals surface area contributed by atoms with Crippen molar-refractivity contribution < 1.29 is 26.3 Å². The average Bonchev–Trinajstić information content (AvgIpc) is 3.20. The van der Waals surface area contributed by atoms with Gasteiger partial charge in [0.1, 0.15) is 11.9 Å². The van der Waals surface area contributed by atoms with Crippen LogP contribution in [0.2, 0.25) is 0 Å². The molecule has 2 aromatic carbocycles. The lowest BCUT2D eigenvalue weighted by molar-refractivity contribution is -0.137. The van der Waals surface area contributed by atoms with Crippen molar-refractivity contribution in [1.29, 1.82) is 0 Å². The van der Waals surface area contributed by atoms with E-state index in [1.807, 2.05) is 0 Å². The third-order valence-corrected chi connectivity index (χ3v) is 6.63. The van der Waals surface area contributed by atoms with E-state index in [1.165, 1.54) is 12.1 Å². The molecule has 2 atom stereocenters. The highest BCUT2D eigenvalue weighted by Gasteiger charge is 2.31. The van der Waals surface area contributed by atoms with Crippen molar-refractivity contribution in [2.45, 2.75) is 30.0 Å². The highest BCUT2D eigenvalue weighted by Crippen LogP contribution is 2.31. The van der Waals surface area contributed by atoms with Crippen molar-refractivity contribution in [3.63, 3.8) is 0 Å². The summed E-state index contributed by atoms with van der Waals surface area (Å²) < 4.78 is 69.2. The van der Waals surface area contributed by atoms with E-state index >= 15 is 0 Å². The van der Waals surface area contributed by atoms with Crippen molar-refractivity contribution >= 4 is 9.84 Å². The largest absolute Gasteiger partial charge is 0.490 e. The fraction of sp³-hybridized carbons (Fsp3) is 0.400. The topological polar surface area (TPSA) is 55.4 Å². The van der Waals surface area contributed by atoms with Crippen molar-refractivity contribution in [3.05, 3.63) is 60.2 Å². The van der Waals surface area contributed by atoms with Gasteiger partial charge in [0, 0.05) is 12.5 Å². The SMILES string of the molecule is O=S(=O)(CC[C@H](Oc1ccc(C(F)(F)F)cc1)C1CCNC1)c1ccccc1. The summed E-state index contributed by atoms with van der Waals surface area (Å²) in [4.78, 5) is 0.257. The number of nitrogens with one attached hydrogen (secondary N) is 1. The standard InChI is InChI=1S/C20H22F3NO3S/c21-20(22,23)16-6-8-17(9-7-16)27-19(15-10-12-24-14-15)11-13-28(25,26)18-4-2-1-3-5-18/h1-9,15,19,24H,10-14H2/t15?,19-/m0/s1. The van der Waals surface area contributed by atoms with Crippen LogP contribution in [0.25, 0.3) is 0 Å². The van der Waals surface area contributed by atoms with Crippen LogP contribution >= 0.6 is 0 Å². The maximum atomic E-state index is 12.7. The lowest BCUT2D eigenvalue weighted by Gasteiger charge is -2.24. The minimum Gasteiger partial charge on any atom is -0.490 e. The lowest BCUT2D eigenvalue weighted by atomic mass is 9.99. The van der Waals surface area contributed by atoms with Crippen LogP contribution in [0.5, 0.6) is 5.75 Å². The molecule has 1 aliphatic heterocycles. The molecule has 4 nitrogen and oxygen atoms in total. The third-order valence-electron chi connectivity index (χ3n) is 4.87. The molecule has 152 valence electrons. The first kappa shape index (κ1) is 20.7. The number of hydrogen-bond donors (Lipinski definition) is 1. The quantitative estimate of drug-likeness (QED) is 0.748. The molecule has 0 amide bonds. The average molecular weight is 413 g/mol. The second kappa shape index (κ2) is 8.53. The summed E-state index contributed by atoms with van der Waals surface area (Å²) in [6, 6.07) is 12.7. The Balaban J connectivity index is 1.71. The molecular formula is C20H22F3NO3S. The number of benzene rings is 2. The zero-order valence-electron chi connectivity index (χ0n) is 15.2. The van der Waals surface area contributed by atoms with E-state index in [0.717, 1.165) is 25.1 Å². The Morgan fingerprint density at radius 1 is 1.07 bits per heavy atom. The summed E-state index contributed by atoms with van der Waals surface area (Å²) in [5.41, 5.74) is -0.745. The van der Waals surface area contributed by atoms with Gasteiger partial charge < -0.3 is 10.1 Å². The number of sulfone groups is 1. The summed E-state index contributed by atoms with van der Waals surface area (Å²) >= 11 is 0. The minimum absolute atomic E-state index is 0.0845. The molecule has 0 radical (unpaired) electrons. The highest BCUT2D eigenvalue weighted by atomic mass is 32.2. The number of alkyl halides is 3. The highest BCUT2D eigenvalue weighted by molar-refractivity contribution is 7.91. The summed E-state index contributed by atoms with van der Waals surface area (Å²) in [5, 5.41) is 3.22. The van der Waals surface area contributed by atoms with Crippen LogP contribution in [-0.4, -0.2) is 33.4 Å². The molecule has 8 heteroatoms. The molecular weight excluding hydrogens is 391 g/mol. The fourth-order valence-corrected chi connectivity index (χ4v) is 4.65. The molecule has 0 spiro atoms. The van der Waals surface area contributed by atoms with Gasteiger partial charge in [-0.3, -0.25) is 0 Å². The second-order valence-corrected chi connectivity index (χ2v) is 8.96. The summed E-state index contributed by atoms with van der Waals surface area (Å²) in [5.74, 6) is 0.328. The smallest absolute Gasteiger partial charge is 0.416 e. The van der Waals surface area contributed by atoms with E-state index in [2.05, 4.69) is 5.32 Å². The zero-order chi connectivity index (χ0) is 20.2. The first-order valence-electron chi connectivity index (χ1n) is 9.08. The van der Waals surface area contributed by atoms with Crippen LogP contribution in [-0.2, 0) is 16.0 Å². The van der Waals surface area contributed by atoms with Gasteiger partial charge in [-0.05, 0) is 55.8 Å². The monoisotopic (exact) mass is 413 g/mol. The van der Waals surface area contributed by atoms with Gasteiger partial charge in [0.15, 0.2) is 9.84 Å². The summed E-state index contributed by atoms with van der Waals surface area (Å²) in [6.45, 7) is 1.50. The van der Waals surface area contributed by atoms with Crippen LogP contribution in [0, 0.1) is 5.92 Å². The second-order valence-electron chi connectivity index (χ2n) is 6.85. The van der Waals surface area contributed by atoms with Crippen molar-refractivity contribution in [2.75, 3.05) is 18.8 Å². The number of rotatable bonds is 7. The Morgan fingerprint density at radius 2 is 1.75 bits per heavy atom. The van der Waals surface area contributed by atoms with Gasteiger partial charge in [0.2, 0.25) is 0 Å². The predicted molar refractivity (Wildman–Crippen MR) is 99.9 cm³/mol. The Morgan fingerprint density at radius 3 is 2.32 bits per heavy atom. The Kier molecular flexibility index (Phi) is 6.30. The number of ether oxygens (including phenoxy) is 1. The van der Waals surface area contributed by atoms with E-state index in [-0.39, 0.29) is 23.0 Å². The van der Waals surface area contributed by atoms with Crippen LogP contribution in [0.3, 0.4) is 0 Å². The maximum Gasteiger partial charge on any atom is 0.416 e. The molecule has 28 heavy (non-hydrogen) atoms. The van der Waals surface area contributed by atoms with Gasteiger partial charge in [-0.2, -0.15) is 13.2 Å². The fourth-order valence-electron chi connectivity index (χ4n) is 3.30. The molecule has 3 rings (SSSR count). The van der Waals surface area contributed by atoms with Gasteiger partial charge in [-0.1, -0.05) is 18.2 Å². The maximum absolute atomic E-state index is 12.7. The Labute approximate surface area is 162 Å². The van der Waals surface area contributed by atoms with E-state index in [9.17, 15) is 21.6 Å². The number of halogens is 3. The molecule has 1 aliphatic rings. The van der Waals surface area contributed by atoms with Gasteiger partial charge >= 0.3 is 6.18 Å². The first-order chi connectivity index (χ1) is 13.3. The molecule has 1 N–H and O–H groups in total. The van der Waals surface area contributed by atoms with Gasteiger partial charge in [0.25, 0.3) is 0 Å². The molecule has 1 saturated heterocycles. The molecule has 0 aliphatic carbocycles. The normalized spacial score (nSPS) is 18.8. The van der Waals surface area contributed by atoms with E-state index in [0.29, 0.717) is 12.3 Å². The number of hydrogen-bond acceptors (Lipinski definition) is 4. The van der Waals surface area contributed by atoms with Crippen molar-refractivity contribution in [1.82, 2.24) is 5.32 Å². The van der Waals surface area contributed by atoms with Gasteiger partial charge in [-0.25, -0.2) is 8.42 Å². The molecule has 1 heterocycles. The summed E-state index contributed by atoms with van der Waals surface area (Å²) in [6.07, 6.45) is -3.71. The van der Waals surface area contributed by atoms with Crippen molar-refractivity contribution in [2.24, 2.45) is 5.92 Å². The Hall–Kier alpha value is -2.06. The van der Waals surface area contributed by atoms with E-state index in [4.69, 9.17) is 4.74 Å². The lowest BCUT2D eigenvalue weighted by Crippen LogP contribution is -2.31. The van der Waals surface area contributed by atoms with E-state index in [1.54, 1.807) is 30.3 Å². The van der Waals surface area contributed by atoms with E-state index < -0.39 is 27.7 Å². The van der Waals surface area contributed by atoms with Crippen LogP contribution < -0.4 is 10.1 Å². The Bertz CT molecular complexity index is 862.